The number of aromatic nitrogens is 2. The lowest BCUT2D eigenvalue weighted by molar-refractivity contribution is 0.541. The van der Waals surface area contributed by atoms with Gasteiger partial charge in [-0.25, -0.2) is 0 Å². The number of nitrogens with zero attached hydrogens (tertiary/aromatic N) is 1. The minimum absolute atomic E-state index is 0.850. The van der Waals surface area contributed by atoms with Crippen molar-refractivity contribution < 1.29 is 0 Å². The van der Waals surface area contributed by atoms with Gasteiger partial charge in [-0.3, -0.25) is 0 Å². The first-order valence-electron chi connectivity index (χ1n) is 6.58. The summed E-state index contributed by atoms with van der Waals surface area (Å²) >= 11 is 5.14. The standard InChI is InChI=1S/C13H24N2S/c1-2-3-4-5-6-7-8-9-11-15-12-10-14-13(15)16/h10,12H,2-9,11H2,1H3,(H,14,16). The van der Waals surface area contributed by atoms with Gasteiger partial charge in [0.25, 0.3) is 0 Å². The zero-order valence-electron chi connectivity index (χ0n) is 10.4. The monoisotopic (exact) mass is 240 g/mol. The van der Waals surface area contributed by atoms with Crippen LogP contribution in [0.15, 0.2) is 12.4 Å². The summed E-state index contributed by atoms with van der Waals surface area (Å²) in [4.78, 5) is 3.02. The molecule has 1 aromatic heterocycles. The highest BCUT2D eigenvalue weighted by Gasteiger charge is 1.94. The lowest BCUT2D eigenvalue weighted by Gasteiger charge is -2.02. The highest BCUT2D eigenvalue weighted by atomic mass is 32.1. The highest BCUT2D eigenvalue weighted by molar-refractivity contribution is 7.71. The predicted molar refractivity (Wildman–Crippen MR) is 72.2 cm³/mol. The smallest absolute Gasteiger partial charge is 0.177 e. The van der Waals surface area contributed by atoms with Crippen LogP contribution in [0.5, 0.6) is 0 Å². The maximum Gasteiger partial charge on any atom is 0.177 e. The van der Waals surface area contributed by atoms with E-state index >= 15 is 0 Å². The zero-order valence-corrected chi connectivity index (χ0v) is 11.2. The summed E-state index contributed by atoms with van der Waals surface area (Å²) in [6.45, 7) is 3.33. The number of hydrogen-bond donors (Lipinski definition) is 1. The fourth-order valence-corrected chi connectivity index (χ4v) is 2.16. The second-order valence-corrected chi connectivity index (χ2v) is 4.82. The highest BCUT2D eigenvalue weighted by Crippen LogP contribution is 2.09. The molecule has 3 heteroatoms. The van der Waals surface area contributed by atoms with Gasteiger partial charge in [-0.15, -0.1) is 0 Å². The third-order valence-corrected chi connectivity index (χ3v) is 3.33. The average molecular weight is 240 g/mol. The normalized spacial score (nSPS) is 10.8. The van der Waals surface area contributed by atoms with Crippen LogP contribution in [0.3, 0.4) is 0 Å². The van der Waals surface area contributed by atoms with Gasteiger partial charge < -0.3 is 9.55 Å². The second kappa shape index (κ2) is 8.57. The van der Waals surface area contributed by atoms with Crippen molar-refractivity contribution in [2.75, 3.05) is 0 Å². The van der Waals surface area contributed by atoms with Crippen molar-refractivity contribution in [1.29, 1.82) is 0 Å². The molecule has 0 spiro atoms. The topological polar surface area (TPSA) is 20.7 Å². The first-order valence-corrected chi connectivity index (χ1v) is 6.99. The third kappa shape index (κ3) is 5.50. The van der Waals surface area contributed by atoms with Gasteiger partial charge in [-0.05, 0) is 18.6 Å². The van der Waals surface area contributed by atoms with Crippen LogP contribution in [0.1, 0.15) is 58.3 Å². The molecule has 0 saturated heterocycles. The van der Waals surface area contributed by atoms with Gasteiger partial charge in [0.15, 0.2) is 4.77 Å². The van der Waals surface area contributed by atoms with Crippen molar-refractivity contribution in [3.05, 3.63) is 17.2 Å². The van der Waals surface area contributed by atoms with Crippen LogP contribution < -0.4 is 0 Å². The van der Waals surface area contributed by atoms with Crippen LogP contribution in [-0.2, 0) is 6.54 Å². The summed E-state index contributed by atoms with van der Waals surface area (Å²) in [5.74, 6) is 0. The van der Waals surface area contributed by atoms with Crippen molar-refractivity contribution in [1.82, 2.24) is 9.55 Å². The molecule has 0 aliphatic carbocycles. The predicted octanol–water partition coefficient (Wildman–Crippen LogP) is 4.69. The Morgan fingerprint density at radius 2 is 1.69 bits per heavy atom. The molecule has 0 aliphatic heterocycles. The van der Waals surface area contributed by atoms with Gasteiger partial charge in [-0.2, -0.15) is 0 Å². The quantitative estimate of drug-likeness (QED) is 0.490. The molecule has 0 radical (unpaired) electrons. The number of H-pyrrole nitrogens is 1. The van der Waals surface area contributed by atoms with Crippen molar-refractivity contribution in [3.63, 3.8) is 0 Å². The van der Waals surface area contributed by atoms with Crippen LogP contribution in [0, 0.1) is 4.77 Å². The van der Waals surface area contributed by atoms with E-state index in [0.29, 0.717) is 0 Å². The lowest BCUT2D eigenvalue weighted by atomic mass is 10.1. The first-order chi connectivity index (χ1) is 7.84. The second-order valence-electron chi connectivity index (χ2n) is 4.43. The van der Waals surface area contributed by atoms with Crippen LogP contribution in [0.4, 0.5) is 0 Å². The fourth-order valence-electron chi connectivity index (χ4n) is 1.94. The SMILES string of the molecule is CCCCCCCCCCn1cc[nH]c1=S. The van der Waals surface area contributed by atoms with E-state index in [1.807, 2.05) is 12.4 Å². The number of aromatic amines is 1. The molecule has 0 unspecified atom stereocenters. The Labute approximate surface area is 104 Å². The minimum atomic E-state index is 0.850. The molecule has 0 atom stereocenters. The summed E-state index contributed by atoms with van der Waals surface area (Å²) in [5.41, 5.74) is 0. The summed E-state index contributed by atoms with van der Waals surface area (Å²) < 4.78 is 2.97. The van der Waals surface area contributed by atoms with Crippen LogP contribution in [0.25, 0.3) is 0 Å². The van der Waals surface area contributed by atoms with E-state index in [2.05, 4.69) is 16.5 Å². The number of imidazole rings is 1. The molecule has 1 aromatic rings. The summed E-state index contributed by atoms with van der Waals surface area (Å²) in [7, 11) is 0. The number of nitrogens with one attached hydrogen (secondary N) is 1. The molecule has 0 aromatic carbocycles. The van der Waals surface area contributed by atoms with E-state index in [4.69, 9.17) is 12.2 Å². The molecular formula is C13H24N2S. The summed E-state index contributed by atoms with van der Waals surface area (Å²) in [6, 6.07) is 0. The largest absolute Gasteiger partial charge is 0.337 e. The molecule has 0 amide bonds. The Hall–Kier alpha value is -0.570. The van der Waals surface area contributed by atoms with Crippen LogP contribution in [0.2, 0.25) is 0 Å². The van der Waals surface area contributed by atoms with Gasteiger partial charge in [0.05, 0.1) is 0 Å². The van der Waals surface area contributed by atoms with Crippen LogP contribution >= 0.6 is 12.2 Å². The number of aryl methyl sites for hydroxylation is 1. The molecular weight excluding hydrogens is 216 g/mol. The minimum Gasteiger partial charge on any atom is -0.337 e. The van der Waals surface area contributed by atoms with Gasteiger partial charge in [0.1, 0.15) is 0 Å². The van der Waals surface area contributed by atoms with Gasteiger partial charge >= 0.3 is 0 Å². The molecule has 0 aliphatic rings. The van der Waals surface area contributed by atoms with E-state index in [-0.39, 0.29) is 0 Å². The Balaban J connectivity index is 1.93. The molecule has 1 heterocycles. The van der Waals surface area contributed by atoms with Crippen molar-refractivity contribution >= 4 is 12.2 Å². The average Bonchev–Trinajstić information content (AvgIpc) is 2.68. The van der Waals surface area contributed by atoms with Crippen molar-refractivity contribution in [3.8, 4) is 0 Å². The lowest BCUT2D eigenvalue weighted by Crippen LogP contribution is -1.96. The Morgan fingerprint density at radius 1 is 1.06 bits per heavy atom. The molecule has 2 nitrogen and oxygen atoms in total. The number of rotatable bonds is 9. The summed E-state index contributed by atoms with van der Waals surface area (Å²) in [5, 5.41) is 0. The first kappa shape index (κ1) is 13.5. The fraction of sp³-hybridized carbons (Fsp3) is 0.769. The molecule has 1 N–H and O–H groups in total. The molecule has 0 bridgehead atoms. The van der Waals surface area contributed by atoms with Gasteiger partial charge in [0, 0.05) is 18.9 Å². The van der Waals surface area contributed by atoms with Gasteiger partial charge in [0.2, 0.25) is 0 Å². The summed E-state index contributed by atoms with van der Waals surface area (Å²) in [6.07, 6.45) is 14.9. The Bertz CT molecular complexity index is 314. The zero-order chi connectivity index (χ0) is 11.6. The van der Waals surface area contributed by atoms with Crippen molar-refractivity contribution in [2.45, 2.75) is 64.8 Å². The van der Waals surface area contributed by atoms with Crippen molar-refractivity contribution in [2.24, 2.45) is 0 Å². The Morgan fingerprint density at radius 3 is 2.25 bits per heavy atom. The molecule has 16 heavy (non-hydrogen) atoms. The van der Waals surface area contributed by atoms with E-state index in [9.17, 15) is 0 Å². The van der Waals surface area contributed by atoms with Crippen LogP contribution in [-0.4, -0.2) is 9.55 Å². The van der Waals surface area contributed by atoms with E-state index in [1.54, 1.807) is 0 Å². The molecule has 0 fully saturated rings. The number of unbranched alkanes of at least 4 members (excludes halogenated alkanes) is 7. The molecule has 92 valence electrons. The Kier molecular flexibility index (Phi) is 7.23. The molecule has 0 saturated carbocycles. The van der Waals surface area contributed by atoms with E-state index in [1.165, 1.54) is 51.4 Å². The maximum absolute atomic E-state index is 5.14. The maximum atomic E-state index is 5.14. The third-order valence-electron chi connectivity index (χ3n) is 2.97. The van der Waals surface area contributed by atoms with E-state index in [0.717, 1.165) is 11.3 Å². The molecule has 1 rings (SSSR count). The van der Waals surface area contributed by atoms with Gasteiger partial charge in [-0.1, -0.05) is 51.9 Å². The number of hydrogen-bond acceptors (Lipinski definition) is 1. The van der Waals surface area contributed by atoms with E-state index < -0.39 is 0 Å².